The fraction of sp³-hybridized carbons (Fsp3) is 0.636. The maximum Gasteiger partial charge on any atom is 0.322 e. The van der Waals surface area contributed by atoms with Gasteiger partial charge in [0, 0.05) is 5.70 Å². The van der Waals surface area contributed by atoms with Crippen LogP contribution in [0.5, 0.6) is 0 Å². The Labute approximate surface area is 95.2 Å². The second kappa shape index (κ2) is 5.53. The summed E-state index contributed by atoms with van der Waals surface area (Å²) >= 11 is 0. The van der Waals surface area contributed by atoms with E-state index in [1.54, 1.807) is 13.8 Å². The summed E-state index contributed by atoms with van der Waals surface area (Å²) < 4.78 is 0. The number of carbonyl (C=O) groups is 2. The van der Waals surface area contributed by atoms with E-state index in [2.05, 4.69) is 11.9 Å². The average molecular weight is 229 g/mol. The normalized spacial score (nSPS) is 12.9. The van der Waals surface area contributed by atoms with Gasteiger partial charge < -0.3 is 15.5 Å². The number of aliphatic carboxylic acids is 2. The molecule has 0 spiro atoms. The Morgan fingerprint density at radius 1 is 1.38 bits per heavy atom. The molecule has 0 saturated heterocycles. The summed E-state index contributed by atoms with van der Waals surface area (Å²) in [7, 11) is 0. The second-order valence-electron chi connectivity index (χ2n) is 4.57. The molecule has 92 valence electrons. The lowest BCUT2D eigenvalue weighted by molar-refractivity contribution is -0.147. The van der Waals surface area contributed by atoms with E-state index in [1.165, 1.54) is 0 Å². The predicted octanol–water partition coefficient (Wildman–Crippen LogP) is 1.31. The first-order chi connectivity index (χ1) is 7.16. The lowest BCUT2D eigenvalue weighted by Crippen LogP contribution is -2.30. The number of rotatable bonds is 7. The molecule has 0 aliphatic heterocycles. The van der Waals surface area contributed by atoms with Gasteiger partial charge in [-0.3, -0.25) is 9.59 Å². The van der Waals surface area contributed by atoms with Crippen LogP contribution in [-0.4, -0.2) is 28.7 Å². The molecular formula is C11H19NO4. The van der Waals surface area contributed by atoms with Gasteiger partial charge in [-0.1, -0.05) is 13.5 Å². The number of carboxylic acids is 2. The number of hydrogen-bond acceptors (Lipinski definition) is 3. The van der Waals surface area contributed by atoms with Crippen molar-refractivity contribution in [3.05, 3.63) is 12.3 Å². The molecule has 0 aliphatic carbocycles. The monoisotopic (exact) mass is 229 g/mol. The highest BCUT2D eigenvalue weighted by molar-refractivity contribution is 5.73. The van der Waals surface area contributed by atoms with Crippen molar-refractivity contribution in [2.45, 2.75) is 27.2 Å². The van der Waals surface area contributed by atoms with E-state index in [0.29, 0.717) is 12.1 Å². The number of nitrogens with one attached hydrogen (secondary N) is 1. The Morgan fingerprint density at radius 3 is 2.25 bits per heavy atom. The van der Waals surface area contributed by atoms with Crippen molar-refractivity contribution in [2.24, 2.45) is 11.3 Å². The molecule has 1 atom stereocenters. The van der Waals surface area contributed by atoms with E-state index in [0.717, 1.165) is 0 Å². The standard InChI is InChI=1S/C11H19NO4/c1-7(5-11(3,4)10(15)16)8(2)12-6-9(13)14/h7,12H,2,5-6H2,1,3-4H3,(H,13,14)(H,15,16). The van der Waals surface area contributed by atoms with Gasteiger partial charge in [0.25, 0.3) is 0 Å². The summed E-state index contributed by atoms with van der Waals surface area (Å²) in [5, 5.41) is 20.1. The molecule has 0 heterocycles. The van der Waals surface area contributed by atoms with E-state index in [4.69, 9.17) is 10.2 Å². The molecule has 0 bridgehead atoms. The van der Waals surface area contributed by atoms with Crippen LogP contribution in [0.4, 0.5) is 0 Å². The second-order valence-corrected chi connectivity index (χ2v) is 4.57. The maximum atomic E-state index is 10.9. The molecule has 16 heavy (non-hydrogen) atoms. The minimum Gasteiger partial charge on any atom is -0.481 e. The van der Waals surface area contributed by atoms with Crippen molar-refractivity contribution in [1.29, 1.82) is 0 Å². The highest BCUT2D eigenvalue weighted by Crippen LogP contribution is 2.27. The quantitative estimate of drug-likeness (QED) is 0.612. The minimum atomic E-state index is -0.967. The first-order valence-corrected chi connectivity index (χ1v) is 5.04. The van der Waals surface area contributed by atoms with Gasteiger partial charge in [-0.25, -0.2) is 0 Å². The smallest absolute Gasteiger partial charge is 0.322 e. The lowest BCUT2D eigenvalue weighted by Gasteiger charge is -2.25. The van der Waals surface area contributed by atoms with Crippen LogP contribution in [0.3, 0.4) is 0 Å². The molecule has 0 rings (SSSR count). The van der Waals surface area contributed by atoms with Gasteiger partial charge in [0.1, 0.15) is 6.54 Å². The summed E-state index contributed by atoms with van der Waals surface area (Å²) in [6.07, 6.45) is 0.411. The molecule has 0 aliphatic rings. The molecular weight excluding hydrogens is 210 g/mol. The summed E-state index contributed by atoms with van der Waals surface area (Å²) in [4.78, 5) is 21.2. The lowest BCUT2D eigenvalue weighted by atomic mass is 9.82. The molecule has 0 aromatic heterocycles. The Morgan fingerprint density at radius 2 is 1.88 bits per heavy atom. The maximum absolute atomic E-state index is 10.9. The Kier molecular flexibility index (Phi) is 5.01. The van der Waals surface area contributed by atoms with Crippen LogP contribution in [0.25, 0.3) is 0 Å². The molecule has 5 heteroatoms. The van der Waals surface area contributed by atoms with Crippen LogP contribution in [0.2, 0.25) is 0 Å². The van der Waals surface area contributed by atoms with Crippen LogP contribution < -0.4 is 5.32 Å². The summed E-state index contributed by atoms with van der Waals surface area (Å²) in [6, 6.07) is 0. The van der Waals surface area contributed by atoms with E-state index in [1.807, 2.05) is 6.92 Å². The van der Waals surface area contributed by atoms with Crippen molar-refractivity contribution in [3.8, 4) is 0 Å². The average Bonchev–Trinajstić information content (AvgIpc) is 2.12. The number of allylic oxidation sites excluding steroid dienone is 1. The van der Waals surface area contributed by atoms with Crippen molar-refractivity contribution in [2.75, 3.05) is 6.54 Å². The van der Waals surface area contributed by atoms with Gasteiger partial charge in [0.2, 0.25) is 0 Å². The molecule has 3 N–H and O–H groups in total. The molecule has 0 aromatic rings. The SMILES string of the molecule is C=C(NCC(=O)O)C(C)CC(C)(C)C(=O)O. The summed E-state index contributed by atoms with van der Waals surface area (Å²) in [5.74, 6) is -1.93. The van der Waals surface area contributed by atoms with Crippen molar-refractivity contribution >= 4 is 11.9 Å². The Hall–Kier alpha value is -1.52. The zero-order valence-corrected chi connectivity index (χ0v) is 9.91. The summed E-state index contributed by atoms with van der Waals surface area (Å²) in [6.45, 7) is 8.60. The third-order valence-electron chi connectivity index (χ3n) is 2.46. The fourth-order valence-corrected chi connectivity index (χ4v) is 1.34. The van der Waals surface area contributed by atoms with Gasteiger partial charge in [0.05, 0.1) is 5.41 Å². The molecule has 0 amide bonds. The van der Waals surface area contributed by atoms with E-state index in [-0.39, 0.29) is 12.5 Å². The molecule has 1 unspecified atom stereocenters. The molecule has 0 fully saturated rings. The minimum absolute atomic E-state index is 0.0922. The van der Waals surface area contributed by atoms with Gasteiger partial charge in [-0.2, -0.15) is 0 Å². The molecule has 0 saturated carbocycles. The largest absolute Gasteiger partial charge is 0.481 e. The summed E-state index contributed by atoms with van der Waals surface area (Å²) in [5.41, 5.74) is -0.287. The fourth-order valence-electron chi connectivity index (χ4n) is 1.34. The van der Waals surface area contributed by atoms with Crippen LogP contribution in [-0.2, 0) is 9.59 Å². The number of carboxylic acid groups (broad SMARTS) is 2. The third kappa shape index (κ3) is 4.82. The van der Waals surface area contributed by atoms with Gasteiger partial charge in [-0.15, -0.1) is 0 Å². The predicted molar refractivity (Wildman–Crippen MR) is 60.0 cm³/mol. The third-order valence-corrected chi connectivity index (χ3v) is 2.46. The zero-order chi connectivity index (χ0) is 12.9. The van der Waals surface area contributed by atoms with Crippen molar-refractivity contribution in [3.63, 3.8) is 0 Å². The topological polar surface area (TPSA) is 86.6 Å². The van der Waals surface area contributed by atoms with Crippen LogP contribution >= 0.6 is 0 Å². The molecule has 5 nitrogen and oxygen atoms in total. The Balaban J connectivity index is 4.25. The number of hydrogen-bond donors (Lipinski definition) is 3. The zero-order valence-electron chi connectivity index (χ0n) is 9.91. The van der Waals surface area contributed by atoms with Crippen molar-refractivity contribution < 1.29 is 19.8 Å². The van der Waals surface area contributed by atoms with Crippen molar-refractivity contribution in [1.82, 2.24) is 5.32 Å². The molecule has 0 radical (unpaired) electrons. The van der Waals surface area contributed by atoms with E-state index < -0.39 is 17.4 Å². The van der Waals surface area contributed by atoms with Crippen LogP contribution in [0.15, 0.2) is 12.3 Å². The highest BCUT2D eigenvalue weighted by atomic mass is 16.4. The first-order valence-electron chi connectivity index (χ1n) is 5.04. The van der Waals surface area contributed by atoms with Gasteiger partial charge >= 0.3 is 11.9 Å². The highest BCUT2D eigenvalue weighted by Gasteiger charge is 2.29. The van der Waals surface area contributed by atoms with E-state index in [9.17, 15) is 9.59 Å². The van der Waals surface area contributed by atoms with Crippen LogP contribution in [0, 0.1) is 11.3 Å². The molecule has 0 aromatic carbocycles. The van der Waals surface area contributed by atoms with Gasteiger partial charge in [0.15, 0.2) is 0 Å². The first kappa shape index (κ1) is 14.5. The van der Waals surface area contributed by atoms with Crippen LogP contribution in [0.1, 0.15) is 27.2 Å². The Bertz CT molecular complexity index is 296. The van der Waals surface area contributed by atoms with Gasteiger partial charge in [-0.05, 0) is 26.2 Å². The van der Waals surface area contributed by atoms with E-state index >= 15 is 0 Å².